The molecule has 116 valence electrons. The molecule has 0 aliphatic carbocycles. The smallest absolute Gasteiger partial charge is 0.253 e. The molecule has 0 radical (unpaired) electrons. The van der Waals surface area contributed by atoms with Gasteiger partial charge in [0.05, 0.1) is 0 Å². The second-order valence-electron chi connectivity index (χ2n) is 5.64. The first kappa shape index (κ1) is 14.6. The number of hydrogen-bond donors (Lipinski definition) is 1. The largest absolute Gasteiger partial charge is 0.344 e. The highest BCUT2D eigenvalue weighted by molar-refractivity contribution is 5.94. The Morgan fingerprint density at radius 3 is 2.23 bits per heavy atom. The van der Waals surface area contributed by atoms with Gasteiger partial charge in [0.2, 0.25) is 11.8 Å². The predicted octanol–water partition coefficient (Wildman–Crippen LogP) is 0.250. The van der Waals surface area contributed by atoms with Gasteiger partial charge in [0, 0.05) is 38.2 Å². The van der Waals surface area contributed by atoms with Crippen LogP contribution in [0.4, 0.5) is 0 Å². The Morgan fingerprint density at radius 1 is 1.00 bits per heavy atom. The van der Waals surface area contributed by atoms with Gasteiger partial charge in [0.15, 0.2) is 0 Å². The van der Waals surface area contributed by atoms with Crippen LogP contribution in [0, 0.1) is 0 Å². The molecule has 22 heavy (non-hydrogen) atoms. The van der Waals surface area contributed by atoms with E-state index in [-0.39, 0.29) is 23.8 Å². The fourth-order valence-corrected chi connectivity index (χ4v) is 2.91. The zero-order chi connectivity index (χ0) is 15.5. The van der Waals surface area contributed by atoms with Crippen molar-refractivity contribution < 1.29 is 14.4 Å². The lowest BCUT2D eigenvalue weighted by molar-refractivity contribution is -0.135. The summed E-state index contributed by atoms with van der Waals surface area (Å²) in [5.41, 5.74) is 0.672. The van der Waals surface area contributed by atoms with E-state index in [4.69, 9.17) is 0 Å². The Balaban J connectivity index is 1.55. The van der Waals surface area contributed by atoms with Gasteiger partial charge in [-0.2, -0.15) is 0 Å². The maximum atomic E-state index is 12.3. The third-order valence-corrected chi connectivity index (χ3v) is 4.19. The Bertz CT molecular complexity index is 580. The molecule has 1 aromatic rings. The van der Waals surface area contributed by atoms with E-state index < -0.39 is 0 Å². The molecule has 0 aromatic heterocycles. The van der Waals surface area contributed by atoms with Crippen molar-refractivity contribution >= 4 is 17.7 Å². The van der Waals surface area contributed by atoms with Crippen molar-refractivity contribution in [3.63, 3.8) is 0 Å². The summed E-state index contributed by atoms with van der Waals surface area (Å²) >= 11 is 0. The average Bonchev–Trinajstić information content (AvgIpc) is 3.01. The van der Waals surface area contributed by atoms with Gasteiger partial charge in [-0.25, -0.2) is 0 Å². The van der Waals surface area contributed by atoms with Gasteiger partial charge in [-0.15, -0.1) is 0 Å². The standard InChI is InChI=1S/C16H19N3O3/c20-14-7-6-13(17-14)16(22)19-10-8-18(9-11-19)15(21)12-4-2-1-3-5-12/h1-5,13H,6-11H2,(H,17,20)/t13-/m0/s1. The molecule has 2 aliphatic heterocycles. The molecule has 2 fully saturated rings. The molecular weight excluding hydrogens is 282 g/mol. The first-order valence-corrected chi connectivity index (χ1v) is 7.57. The van der Waals surface area contributed by atoms with Crippen molar-refractivity contribution in [2.75, 3.05) is 26.2 Å². The van der Waals surface area contributed by atoms with E-state index in [0.717, 1.165) is 0 Å². The molecule has 6 heteroatoms. The first-order valence-electron chi connectivity index (χ1n) is 7.57. The molecule has 6 nitrogen and oxygen atoms in total. The van der Waals surface area contributed by atoms with Crippen molar-refractivity contribution in [3.8, 4) is 0 Å². The van der Waals surface area contributed by atoms with Gasteiger partial charge in [0.25, 0.3) is 5.91 Å². The van der Waals surface area contributed by atoms with Crippen LogP contribution in [0.1, 0.15) is 23.2 Å². The van der Waals surface area contributed by atoms with Crippen LogP contribution in [0.2, 0.25) is 0 Å². The van der Waals surface area contributed by atoms with E-state index in [9.17, 15) is 14.4 Å². The molecule has 1 N–H and O–H groups in total. The molecule has 2 aliphatic rings. The van der Waals surface area contributed by atoms with Crippen molar-refractivity contribution in [2.45, 2.75) is 18.9 Å². The number of carbonyl (C=O) groups excluding carboxylic acids is 3. The summed E-state index contributed by atoms with van der Waals surface area (Å²) in [5, 5.41) is 2.70. The molecule has 0 saturated carbocycles. The summed E-state index contributed by atoms with van der Waals surface area (Å²) in [7, 11) is 0. The van der Waals surface area contributed by atoms with E-state index in [2.05, 4.69) is 5.32 Å². The van der Waals surface area contributed by atoms with Crippen LogP contribution in [-0.2, 0) is 9.59 Å². The van der Waals surface area contributed by atoms with Gasteiger partial charge in [-0.05, 0) is 18.6 Å². The monoisotopic (exact) mass is 301 g/mol. The minimum Gasteiger partial charge on any atom is -0.344 e. The Hall–Kier alpha value is -2.37. The topological polar surface area (TPSA) is 69.7 Å². The Morgan fingerprint density at radius 2 is 1.64 bits per heavy atom. The number of rotatable bonds is 2. The third kappa shape index (κ3) is 2.95. The molecule has 1 aromatic carbocycles. The van der Waals surface area contributed by atoms with Crippen molar-refractivity contribution in [2.24, 2.45) is 0 Å². The van der Waals surface area contributed by atoms with Gasteiger partial charge in [-0.3, -0.25) is 14.4 Å². The van der Waals surface area contributed by atoms with Crippen LogP contribution in [0.3, 0.4) is 0 Å². The maximum Gasteiger partial charge on any atom is 0.253 e. The number of benzene rings is 1. The van der Waals surface area contributed by atoms with E-state index in [0.29, 0.717) is 44.6 Å². The van der Waals surface area contributed by atoms with E-state index in [1.54, 1.807) is 21.9 Å². The molecule has 0 spiro atoms. The number of hydrogen-bond acceptors (Lipinski definition) is 3. The lowest BCUT2D eigenvalue weighted by Gasteiger charge is -2.35. The van der Waals surface area contributed by atoms with Crippen molar-refractivity contribution in [3.05, 3.63) is 35.9 Å². The molecule has 2 heterocycles. The lowest BCUT2D eigenvalue weighted by Crippen LogP contribution is -2.54. The molecular formula is C16H19N3O3. The average molecular weight is 301 g/mol. The molecule has 2 saturated heterocycles. The molecule has 3 amide bonds. The van der Waals surface area contributed by atoms with Crippen LogP contribution in [-0.4, -0.2) is 59.7 Å². The van der Waals surface area contributed by atoms with Crippen molar-refractivity contribution in [1.29, 1.82) is 0 Å². The Kier molecular flexibility index (Phi) is 4.09. The SMILES string of the molecule is O=C1CC[C@@H](C(=O)N2CCN(C(=O)c3ccccc3)CC2)N1. The first-order chi connectivity index (χ1) is 10.6. The van der Waals surface area contributed by atoms with Crippen LogP contribution in [0.25, 0.3) is 0 Å². The van der Waals surface area contributed by atoms with Crippen LogP contribution < -0.4 is 5.32 Å². The second kappa shape index (κ2) is 6.17. The maximum absolute atomic E-state index is 12.3. The van der Waals surface area contributed by atoms with E-state index in [1.165, 1.54) is 0 Å². The molecule has 1 atom stereocenters. The second-order valence-corrected chi connectivity index (χ2v) is 5.64. The third-order valence-electron chi connectivity index (χ3n) is 4.19. The normalized spacial score (nSPS) is 21.6. The number of amides is 3. The van der Waals surface area contributed by atoms with Gasteiger partial charge in [-0.1, -0.05) is 18.2 Å². The summed E-state index contributed by atoms with van der Waals surface area (Å²) < 4.78 is 0. The van der Waals surface area contributed by atoms with Gasteiger partial charge >= 0.3 is 0 Å². The van der Waals surface area contributed by atoms with Gasteiger partial charge in [0.1, 0.15) is 6.04 Å². The summed E-state index contributed by atoms with van der Waals surface area (Å²) in [6.07, 6.45) is 0.990. The number of piperazine rings is 1. The zero-order valence-electron chi connectivity index (χ0n) is 12.3. The number of carbonyl (C=O) groups is 3. The Labute approximate surface area is 129 Å². The van der Waals surface area contributed by atoms with Crippen LogP contribution in [0.5, 0.6) is 0 Å². The number of nitrogens with zero attached hydrogens (tertiary/aromatic N) is 2. The highest BCUT2D eigenvalue weighted by atomic mass is 16.2. The minimum absolute atomic E-state index is 0.00173. The lowest BCUT2D eigenvalue weighted by atomic mass is 10.1. The highest BCUT2D eigenvalue weighted by Crippen LogP contribution is 2.13. The minimum atomic E-state index is -0.385. The van der Waals surface area contributed by atoms with Gasteiger partial charge < -0.3 is 15.1 Å². The van der Waals surface area contributed by atoms with Crippen LogP contribution in [0.15, 0.2) is 30.3 Å². The summed E-state index contributed by atoms with van der Waals surface area (Å²) in [5.74, 6) is -0.0873. The summed E-state index contributed by atoms with van der Waals surface area (Å²) in [6, 6.07) is 8.78. The summed E-state index contributed by atoms with van der Waals surface area (Å²) in [4.78, 5) is 39.4. The van der Waals surface area contributed by atoms with E-state index >= 15 is 0 Å². The molecule has 3 rings (SSSR count). The summed E-state index contributed by atoms with van der Waals surface area (Å²) in [6.45, 7) is 2.09. The predicted molar refractivity (Wildman–Crippen MR) is 80.1 cm³/mol. The molecule has 0 unspecified atom stereocenters. The van der Waals surface area contributed by atoms with E-state index in [1.807, 2.05) is 18.2 Å². The molecule has 0 bridgehead atoms. The zero-order valence-corrected chi connectivity index (χ0v) is 12.3. The fourth-order valence-electron chi connectivity index (χ4n) is 2.91. The quantitative estimate of drug-likeness (QED) is 0.851. The highest BCUT2D eigenvalue weighted by Gasteiger charge is 2.33. The number of nitrogens with one attached hydrogen (secondary N) is 1. The fraction of sp³-hybridized carbons (Fsp3) is 0.438. The van der Waals surface area contributed by atoms with Crippen LogP contribution >= 0.6 is 0 Å². The van der Waals surface area contributed by atoms with Crippen molar-refractivity contribution in [1.82, 2.24) is 15.1 Å².